The summed E-state index contributed by atoms with van der Waals surface area (Å²) in [6.07, 6.45) is 43.3. The van der Waals surface area contributed by atoms with Gasteiger partial charge in [-0.1, -0.05) is 179 Å². The zero-order valence-electron chi connectivity index (χ0n) is 33.3. The minimum Gasteiger partial charge on any atom is -0.457 e. The molecule has 0 radical (unpaired) electrons. The summed E-state index contributed by atoms with van der Waals surface area (Å²) in [7, 11) is -4.27. The van der Waals surface area contributed by atoms with E-state index in [2.05, 4.69) is 38.2 Å². The molecule has 0 saturated carbocycles. The number of allylic oxidation sites excluding steroid dienone is 4. The lowest BCUT2D eigenvalue weighted by molar-refractivity contribution is -0.154. The zero-order valence-corrected chi connectivity index (χ0v) is 34.2. The van der Waals surface area contributed by atoms with Crippen LogP contribution in [-0.2, 0) is 27.9 Å². The Morgan fingerprint density at radius 3 is 1.61 bits per heavy atom. The summed E-state index contributed by atoms with van der Waals surface area (Å²) in [5.41, 5.74) is 5.36. The molecule has 2 unspecified atom stereocenters. The average molecular weight is 744 g/mol. The van der Waals surface area contributed by atoms with Crippen molar-refractivity contribution in [1.29, 1.82) is 0 Å². The summed E-state index contributed by atoms with van der Waals surface area (Å²) in [4.78, 5) is 22.5. The maximum absolute atomic E-state index is 12.6. The van der Waals surface area contributed by atoms with E-state index in [0.717, 1.165) is 44.9 Å². The molecule has 0 rings (SSSR count). The number of unbranched alkanes of at least 4 members (excludes halogenated alkanes) is 24. The van der Waals surface area contributed by atoms with E-state index >= 15 is 0 Å². The van der Waals surface area contributed by atoms with E-state index in [4.69, 9.17) is 24.3 Å². The van der Waals surface area contributed by atoms with Crippen LogP contribution in [0.1, 0.15) is 200 Å². The standard InChI is InChI=1S/C42H82NO7P/c1-3-5-7-9-11-13-15-17-19-20-21-22-23-25-27-29-31-33-35-42(44)50-41(40-49-51(45,46)48-38-36-43)39-47-37-34-32-30-28-26-24-18-16-14-12-10-8-6-4-2/h8,10,14,16,41H,3-7,9,11-13,15,17-40,43H2,1-2H3,(H,45,46)/b10-8-,16-14-. The number of carbonyl (C=O) groups is 1. The third-order valence-corrected chi connectivity index (χ3v) is 10.1. The monoisotopic (exact) mass is 744 g/mol. The Hall–Kier alpha value is -1.02. The fourth-order valence-corrected chi connectivity index (χ4v) is 6.74. The number of phosphoric acid groups is 1. The molecule has 0 aromatic carbocycles. The molecule has 0 spiro atoms. The first-order valence-corrected chi connectivity index (χ1v) is 22.8. The zero-order chi connectivity index (χ0) is 37.4. The van der Waals surface area contributed by atoms with E-state index in [1.165, 1.54) is 135 Å². The number of ether oxygens (including phenoxy) is 2. The third kappa shape index (κ3) is 40.0. The van der Waals surface area contributed by atoms with Gasteiger partial charge in [0.05, 0.1) is 19.8 Å². The van der Waals surface area contributed by atoms with Crippen molar-refractivity contribution in [3.05, 3.63) is 24.3 Å². The Kier molecular flexibility index (Phi) is 39.4. The largest absolute Gasteiger partial charge is 0.472 e. The quantitative estimate of drug-likeness (QED) is 0.0275. The number of nitrogens with two attached hydrogens (primary N) is 1. The first kappa shape index (κ1) is 50.0. The highest BCUT2D eigenvalue weighted by Gasteiger charge is 2.25. The molecule has 3 N–H and O–H groups in total. The van der Waals surface area contributed by atoms with Crippen molar-refractivity contribution in [2.45, 2.75) is 206 Å². The van der Waals surface area contributed by atoms with Crippen LogP contribution in [0.4, 0.5) is 0 Å². The minimum absolute atomic E-state index is 0.0957. The molecule has 0 aliphatic heterocycles. The molecule has 0 aromatic rings. The van der Waals surface area contributed by atoms with Crippen LogP contribution >= 0.6 is 7.82 Å². The molecule has 302 valence electrons. The van der Waals surface area contributed by atoms with E-state index in [0.29, 0.717) is 13.0 Å². The minimum atomic E-state index is -4.27. The van der Waals surface area contributed by atoms with E-state index in [-0.39, 0.29) is 32.3 Å². The topological polar surface area (TPSA) is 117 Å². The summed E-state index contributed by atoms with van der Waals surface area (Å²) < 4.78 is 33.4. The van der Waals surface area contributed by atoms with Crippen molar-refractivity contribution < 1.29 is 32.8 Å². The molecule has 0 aliphatic rings. The molecule has 0 fully saturated rings. The predicted molar refractivity (Wildman–Crippen MR) is 215 cm³/mol. The number of hydrogen-bond acceptors (Lipinski definition) is 7. The van der Waals surface area contributed by atoms with Crippen LogP contribution in [0.15, 0.2) is 24.3 Å². The second-order valence-electron chi connectivity index (χ2n) is 14.2. The van der Waals surface area contributed by atoms with Crippen molar-refractivity contribution in [2.75, 3.05) is 33.0 Å². The first-order chi connectivity index (χ1) is 24.9. The number of carbonyl (C=O) groups excluding carboxylic acids is 1. The lowest BCUT2D eigenvalue weighted by atomic mass is 10.0. The number of esters is 1. The Morgan fingerprint density at radius 2 is 1.08 bits per heavy atom. The maximum atomic E-state index is 12.6. The van der Waals surface area contributed by atoms with Crippen LogP contribution < -0.4 is 5.73 Å². The Labute approximate surface area is 315 Å². The molecular formula is C42H82NO7P. The van der Waals surface area contributed by atoms with Gasteiger partial charge in [-0.2, -0.15) is 0 Å². The van der Waals surface area contributed by atoms with Crippen LogP contribution in [0.3, 0.4) is 0 Å². The highest BCUT2D eigenvalue weighted by atomic mass is 31.2. The van der Waals surface area contributed by atoms with Gasteiger partial charge in [-0.3, -0.25) is 13.8 Å². The molecule has 0 heterocycles. The highest BCUT2D eigenvalue weighted by Crippen LogP contribution is 2.43. The number of hydrogen-bond donors (Lipinski definition) is 2. The van der Waals surface area contributed by atoms with Gasteiger partial charge in [0.25, 0.3) is 0 Å². The summed E-state index contributed by atoms with van der Waals surface area (Å²) in [6, 6.07) is 0. The van der Waals surface area contributed by atoms with Crippen LogP contribution in [0, 0.1) is 0 Å². The Balaban J connectivity index is 4.01. The predicted octanol–water partition coefficient (Wildman–Crippen LogP) is 12.5. The summed E-state index contributed by atoms with van der Waals surface area (Å²) >= 11 is 0. The molecule has 8 nitrogen and oxygen atoms in total. The van der Waals surface area contributed by atoms with Gasteiger partial charge in [0, 0.05) is 19.6 Å². The Bertz CT molecular complexity index is 838. The average Bonchev–Trinajstić information content (AvgIpc) is 3.12. The van der Waals surface area contributed by atoms with E-state index < -0.39 is 13.9 Å². The van der Waals surface area contributed by atoms with Crippen molar-refractivity contribution >= 4 is 13.8 Å². The van der Waals surface area contributed by atoms with E-state index in [9.17, 15) is 14.3 Å². The van der Waals surface area contributed by atoms with Gasteiger partial charge in [-0.05, 0) is 38.5 Å². The van der Waals surface area contributed by atoms with Crippen molar-refractivity contribution in [1.82, 2.24) is 0 Å². The Morgan fingerprint density at radius 1 is 0.588 bits per heavy atom. The SMILES string of the molecule is CCC/C=C\C/C=C\CCCCCCCCOCC(COP(=O)(O)OCCN)OC(=O)CCCCCCCCCCCCCCCCCCCC. The molecule has 0 saturated heterocycles. The van der Waals surface area contributed by atoms with Gasteiger partial charge in [0.2, 0.25) is 0 Å². The molecule has 2 atom stereocenters. The molecular weight excluding hydrogens is 661 g/mol. The fraction of sp³-hybridized carbons (Fsp3) is 0.881. The van der Waals surface area contributed by atoms with Crippen LogP contribution in [0.2, 0.25) is 0 Å². The summed E-state index contributed by atoms with van der Waals surface area (Å²) in [6.45, 7) is 4.86. The summed E-state index contributed by atoms with van der Waals surface area (Å²) in [5, 5.41) is 0. The van der Waals surface area contributed by atoms with Gasteiger partial charge in [0.1, 0.15) is 6.10 Å². The maximum Gasteiger partial charge on any atom is 0.472 e. The molecule has 9 heteroatoms. The highest BCUT2D eigenvalue weighted by molar-refractivity contribution is 7.47. The second-order valence-corrected chi connectivity index (χ2v) is 15.7. The second kappa shape index (κ2) is 40.2. The van der Waals surface area contributed by atoms with Crippen LogP contribution in [0.5, 0.6) is 0 Å². The molecule has 0 aliphatic carbocycles. The van der Waals surface area contributed by atoms with E-state index in [1.807, 2.05) is 0 Å². The number of rotatable bonds is 41. The number of phosphoric ester groups is 1. The van der Waals surface area contributed by atoms with Gasteiger partial charge in [-0.25, -0.2) is 4.57 Å². The molecule has 0 aromatic heterocycles. The van der Waals surface area contributed by atoms with Gasteiger partial charge < -0.3 is 20.1 Å². The normalized spacial score (nSPS) is 13.7. The van der Waals surface area contributed by atoms with Gasteiger partial charge in [-0.15, -0.1) is 0 Å². The lowest BCUT2D eigenvalue weighted by Gasteiger charge is -2.20. The van der Waals surface area contributed by atoms with Crippen molar-refractivity contribution in [2.24, 2.45) is 5.73 Å². The van der Waals surface area contributed by atoms with Crippen LogP contribution in [0.25, 0.3) is 0 Å². The molecule has 0 bridgehead atoms. The van der Waals surface area contributed by atoms with Gasteiger partial charge >= 0.3 is 13.8 Å². The van der Waals surface area contributed by atoms with Crippen LogP contribution in [-0.4, -0.2) is 49.9 Å². The third-order valence-electron chi connectivity index (χ3n) is 9.10. The van der Waals surface area contributed by atoms with Crippen molar-refractivity contribution in [3.8, 4) is 0 Å². The van der Waals surface area contributed by atoms with E-state index in [1.54, 1.807) is 0 Å². The van der Waals surface area contributed by atoms with Gasteiger partial charge in [0.15, 0.2) is 0 Å². The smallest absolute Gasteiger partial charge is 0.457 e. The fourth-order valence-electron chi connectivity index (χ4n) is 5.98. The van der Waals surface area contributed by atoms with Crippen molar-refractivity contribution in [3.63, 3.8) is 0 Å². The lowest BCUT2D eigenvalue weighted by Crippen LogP contribution is -2.28. The summed E-state index contributed by atoms with van der Waals surface area (Å²) in [5.74, 6) is -0.331. The first-order valence-electron chi connectivity index (χ1n) is 21.3. The molecule has 0 amide bonds. The molecule has 51 heavy (non-hydrogen) atoms.